The zero-order chi connectivity index (χ0) is 14.9. The highest BCUT2D eigenvalue weighted by atomic mass is 16.3. The predicted octanol–water partition coefficient (Wildman–Crippen LogP) is 4.65. The molecule has 1 nitrogen and oxygen atoms in total. The van der Waals surface area contributed by atoms with E-state index in [4.69, 9.17) is 0 Å². The molecule has 0 fully saturated rings. The van der Waals surface area contributed by atoms with E-state index in [2.05, 4.69) is 54.6 Å². The van der Waals surface area contributed by atoms with Gasteiger partial charge in [-0.05, 0) is 22.3 Å². The van der Waals surface area contributed by atoms with Gasteiger partial charge in [0.05, 0.1) is 6.10 Å². The second kappa shape index (κ2) is 5.43. The first-order valence-corrected chi connectivity index (χ1v) is 7.73. The maximum absolute atomic E-state index is 10.9. The molecule has 1 aliphatic rings. The Morgan fingerprint density at radius 2 is 1.05 bits per heavy atom. The minimum Gasteiger partial charge on any atom is -0.388 e. The Hall–Kier alpha value is -2.38. The quantitative estimate of drug-likeness (QED) is 0.727. The molecule has 0 heterocycles. The van der Waals surface area contributed by atoms with Gasteiger partial charge >= 0.3 is 0 Å². The number of aliphatic hydroxyl groups excluding tert-OH is 1. The smallest absolute Gasteiger partial charge is 0.0870 e. The second-order valence-electron chi connectivity index (χ2n) is 5.90. The Morgan fingerprint density at radius 3 is 1.68 bits per heavy atom. The van der Waals surface area contributed by atoms with E-state index >= 15 is 0 Å². The van der Waals surface area contributed by atoms with Crippen molar-refractivity contribution in [2.75, 3.05) is 0 Å². The molecule has 0 saturated heterocycles. The molecule has 0 radical (unpaired) electrons. The summed E-state index contributed by atoms with van der Waals surface area (Å²) in [6.07, 6.45) is -0.455. The zero-order valence-corrected chi connectivity index (χ0v) is 12.3. The normalized spacial score (nSPS) is 23.2. The number of fused-ring (bicyclic) bond motifs is 1. The van der Waals surface area contributed by atoms with E-state index in [-0.39, 0.29) is 11.8 Å². The molecule has 0 spiro atoms. The summed E-state index contributed by atoms with van der Waals surface area (Å²) in [4.78, 5) is 0. The molecule has 0 saturated carbocycles. The largest absolute Gasteiger partial charge is 0.388 e. The fourth-order valence-corrected chi connectivity index (χ4v) is 3.73. The van der Waals surface area contributed by atoms with Crippen LogP contribution in [0.2, 0.25) is 0 Å². The van der Waals surface area contributed by atoms with E-state index in [1.165, 1.54) is 16.7 Å². The summed E-state index contributed by atoms with van der Waals surface area (Å²) in [7, 11) is 0. The van der Waals surface area contributed by atoms with Crippen molar-refractivity contribution in [3.8, 4) is 0 Å². The molecule has 1 N–H and O–H groups in total. The van der Waals surface area contributed by atoms with Gasteiger partial charge in [-0.2, -0.15) is 0 Å². The van der Waals surface area contributed by atoms with Gasteiger partial charge in [-0.15, -0.1) is 0 Å². The summed E-state index contributed by atoms with van der Waals surface area (Å²) >= 11 is 0. The van der Waals surface area contributed by atoms with Crippen molar-refractivity contribution in [3.05, 3.63) is 107 Å². The van der Waals surface area contributed by atoms with Crippen molar-refractivity contribution in [3.63, 3.8) is 0 Å². The molecule has 0 aliphatic heterocycles. The van der Waals surface area contributed by atoms with Gasteiger partial charge in [0, 0.05) is 11.8 Å². The van der Waals surface area contributed by atoms with Gasteiger partial charge in [-0.3, -0.25) is 0 Å². The topological polar surface area (TPSA) is 20.2 Å². The number of rotatable bonds is 2. The second-order valence-corrected chi connectivity index (χ2v) is 5.90. The van der Waals surface area contributed by atoms with Crippen LogP contribution in [0, 0.1) is 0 Å². The molecule has 4 rings (SSSR count). The first-order valence-electron chi connectivity index (χ1n) is 7.73. The predicted molar refractivity (Wildman–Crippen MR) is 88.9 cm³/mol. The lowest BCUT2D eigenvalue weighted by Gasteiger charge is -2.24. The maximum Gasteiger partial charge on any atom is 0.0870 e. The summed E-state index contributed by atoms with van der Waals surface area (Å²) < 4.78 is 0. The Balaban J connectivity index is 1.90. The van der Waals surface area contributed by atoms with Crippen molar-refractivity contribution in [1.29, 1.82) is 0 Å². The fourth-order valence-electron chi connectivity index (χ4n) is 3.73. The van der Waals surface area contributed by atoms with E-state index in [9.17, 15) is 5.11 Å². The molecular formula is C21H18O. The molecular weight excluding hydrogens is 268 g/mol. The highest BCUT2D eigenvalue weighted by molar-refractivity contribution is 5.49. The molecule has 108 valence electrons. The molecule has 0 amide bonds. The third kappa shape index (κ3) is 2.06. The van der Waals surface area contributed by atoms with E-state index in [1.54, 1.807) is 0 Å². The van der Waals surface area contributed by atoms with E-state index in [0.717, 1.165) is 5.56 Å². The van der Waals surface area contributed by atoms with E-state index < -0.39 is 6.10 Å². The van der Waals surface area contributed by atoms with E-state index in [0.29, 0.717) is 0 Å². The van der Waals surface area contributed by atoms with Crippen molar-refractivity contribution >= 4 is 0 Å². The van der Waals surface area contributed by atoms with Gasteiger partial charge in [0.15, 0.2) is 0 Å². The Kier molecular flexibility index (Phi) is 3.28. The molecule has 0 bridgehead atoms. The van der Waals surface area contributed by atoms with Crippen LogP contribution in [0.15, 0.2) is 84.9 Å². The van der Waals surface area contributed by atoms with Gasteiger partial charge < -0.3 is 5.11 Å². The van der Waals surface area contributed by atoms with Crippen molar-refractivity contribution in [1.82, 2.24) is 0 Å². The molecule has 3 aromatic rings. The van der Waals surface area contributed by atoms with Gasteiger partial charge in [-0.25, -0.2) is 0 Å². The van der Waals surface area contributed by atoms with Crippen LogP contribution in [-0.2, 0) is 0 Å². The summed E-state index contributed by atoms with van der Waals surface area (Å²) in [5, 5.41) is 10.9. The SMILES string of the molecule is O[C@@H]1c2ccccc2[C@H](c2ccccc2)[C@H]1c1ccccc1. The van der Waals surface area contributed by atoms with Crippen molar-refractivity contribution < 1.29 is 5.11 Å². The van der Waals surface area contributed by atoms with Crippen LogP contribution in [0.3, 0.4) is 0 Å². The minimum atomic E-state index is -0.455. The highest BCUT2D eigenvalue weighted by Gasteiger charge is 2.41. The molecule has 0 aromatic heterocycles. The Morgan fingerprint density at radius 1 is 0.545 bits per heavy atom. The van der Waals surface area contributed by atoms with Gasteiger partial charge in [-0.1, -0.05) is 84.9 Å². The molecule has 1 heteroatoms. The van der Waals surface area contributed by atoms with Crippen LogP contribution in [-0.4, -0.2) is 5.11 Å². The third-order valence-corrected chi connectivity index (χ3v) is 4.69. The van der Waals surface area contributed by atoms with Gasteiger partial charge in [0.25, 0.3) is 0 Å². The monoisotopic (exact) mass is 286 g/mol. The lowest BCUT2D eigenvalue weighted by molar-refractivity contribution is 0.153. The number of benzene rings is 3. The molecule has 1 aliphatic carbocycles. The van der Waals surface area contributed by atoms with Gasteiger partial charge in [0.1, 0.15) is 0 Å². The summed E-state index contributed by atoms with van der Waals surface area (Å²) in [6.45, 7) is 0. The molecule has 0 unspecified atom stereocenters. The average Bonchev–Trinajstić information content (AvgIpc) is 2.90. The van der Waals surface area contributed by atoms with Crippen molar-refractivity contribution in [2.24, 2.45) is 0 Å². The van der Waals surface area contributed by atoms with Crippen LogP contribution in [0.4, 0.5) is 0 Å². The first kappa shape index (κ1) is 13.3. The standard InChI is InChI=1S/C21H18O/c22-21-18-14-8-7-13-17(18)19(15-9-3-1-4-10-15)20(21)16-11-5-2-6-12-16/h1-14,19-22H/t19-,20+,21+/m0/s1. The Labute approximate surface area is 130 Å². The number of hydrogen-bond donors (Lipinski definition) is 1. The molecule has 3 aromatic carbocycles. The number of hydrogen-bond acceptors (Lipinski definition) is 1. The van der Waals surface area contributed by atoms with Crippen molar-refractivity contribution in [2.45, 2.75) is 17.9 Å². The van der Waals surface area contributed by atoms with Crippen LogP contribution in [0.5, 0.6) is 0 Å². The van der Waals surface area contributed by atoms with E-state index in [1.807, 2.05) is 30.3 Å². The maximum atomic E-state index is 10.9. The molecule has 3 atom stereocenters. The van der Waals surface area contributed by atoms with Crippen LogP contribution < -0.4 is 0 Å². The third-order valence-electron chi connectivity index (χ3n) is 4.69. The first-order chi connectivity index (χ1) is 10.9. The fraction of sp³-hybridized carbons (Fsp3) is 0.143. The zero-order valence-electron chi connectivity index (χ0n) is 12.3. The lowest BCUT2D eigenvalue weighted by atomic mass is 9.81. The summed E-state index contributed by atoms with van der Waals surface area (Å²) in [5.41, 5.74) is 4.76. The highest BCUT2D eigenvalue weighted by Crippen LogP contribution is 2.53. The van der Waals surface area contributed by atoms with Crippen LogP contribution >= 0.6 is 0 Å². The minimum absolute atomic E-state index is 0.0704. The molecule has 22 heavy (non-hydrogen) atoms. The summed E-state index contributed by atoms with van der Waals surface area (Å²) in [5.74, 6) is 0.274. The number of aliphatic hydroxyl groups is 1. The van der Waals surface area contributed by atoms with Crippen LogP contribution in [0.25, 0.3) is 0 Å². The lowest BCUT2D eigenvalue weighted by Crippen LogP contribution is -2.11. The average molecular weight is 286 g/mol. The Bertz CT molecular complexity index is 764. The van der Waals surface area contributed by atoms with Crippen LogP contribution in [0.1, 0.15) is 40.2 Å². The van der Waals surface area contributed by atoms with Gasteiger partial charge in [0.2, 0.25) is 0 Å². The summed E-state index contributed by atoms with van der Waals surface area (Å²) in [6, 6.07) is 29.2.